The number of hydrogen-bond donors (Lipinski definition) is 1. The highest BCUT2D eigenvalue weighted by Gasteiger charge is 2.29. The molecule has 0 aliphatic carbocycles. The van der Waals surface area contributed by atoms with Crippen molar-refractivity contribution in [2.45, 2.75) is 6.18 Å². The Morgan fingerprint density at radius 2 is 1.74 bits per heavy atom. The number of nitrogens with one attached hydrogen (secondary N) is 1. The number of alkyl halides is 3. The van der Waals surface area contributed by atoms with Gasteiger partial charge in [0.05, 0.1) is 29.5 Å². The molecule has 0 bridgehead atoms. The quantitative estimate of drug-likeness (QED) is 0.345. The third-order valence-corrected chi connectivity index (χ3v) is 6.28. The summed E-state index contributed by atoms with van der Waals surface area (Å²) in [6.45, 7) is 0.0249. The lowest BCUT2D eigenvalue weighted by atomic mass is 10.0. The molecule has 0 atom stereocenters. The zero-order valence-electron chi connectivity index (χ0n) is 19.6. The first kappa shape index (κ1) is 27.7. The minimum Gasteiger partial charge on any atom is -0.482 e. The van der Waals surface area contributed by atoms with Gasteiger partial charge in [0, 0.05) is 29.2 Å². The van der Waals surface area contributed by atoms with E-state index in [1.54, 1.807) is 11.0 Å². The predicted molar refractivity (Wildman–Crippen MR) is 135 cm³/mol. The molecule has 0 unspecified atom stereocenters. The maximum absolute atomic E-state index is 14.2. The van der Waals surface area contributed by atoms with Crippen molar-refractivity contribution in [1.82, 2.24) is 4.90 Å². The van der Waals surface area contributed by atoms with Crippen molar-refractivity contribution in [1.29, 1.82) is 0 Å². The van der Waals surface area contributed by atoms with Crippen molar-refractivity contribution < 1.29 is 36.6 Å². The minimum absolute atomic E-state index is 0.154. The number of morpholine rings is 1. The van der Waals surface area contributed by atoms with E-state index >= 15 is 0 Å². The fourth-order valence-corrected chi connectivity index (χ4v) is 4.28. The molecule has 1 aliphatic heterocycles. The standard InChI is InChI=1S/C26H20Cl2F4N2O4/c27-18-6-4-16(25(36)34-8-10-37-11-9-34)12-17(18)15-5-7-21(22(13-15)38-14-26(30,31)32)33-24(35)23-19(28)2-1-3-20(23)29/h1-7,12-13H,8-11,14H2,(H,33,35). The lowest BCUT2D eigenvalue weighted by Gasteiger charge is -2.27. The Labute approximate surface area is 225 Å². The van der Waals surface area contributed by atoms with E-state index in [0.29, 0.717) is 43.0 Å². The molecule has 1 fully saturated rings. The normalized spacial score (nSPS) is 13.8. The number of hydrogen-bond acceptors (Lipinski definition) is 4. The van der Waals surface area contributed by atoms with Crippen LogP contribution in [0.1, 0.15) is 20.7 Å². The average molecular weight is 571 g/mol. The van der Waals surface area contributed by atoms with Crippen LogP contribution in [-0.2, 0) is 4.74 Å². The number of rotatable bonds is 6. The van der Waals surface area contributed by atoms with Crippen LogP contribution in [0.2, 0.25) is 10.0 Å². The lowest BCUT2D eigenvalue weighted by Crippen LogP contribution is -2.40. The van der Waals surface area contributed by atoms with Crippen molar-refractivity contribution in [2.24, 2.45) is 0 Å². The Hall–Kier alpha value is -3.34. The van der Waals surface area contributed by atoms with Crippen LogP contribution in [0.5, 0.6) is 5.75 Å². The summed E-state index contributed by atoms with van der Waals surface area (Å²) in [6, 6.07) is 12.2. The third-order valence-electron chi connectivity index (χ3n) is 5.63. The molecule has 6 nitrogen and oxygen atoms in total. The highest BCUT2D eigenvalue weighted by Crippen LogP contribution is 2.36. The van der Waals surface area contributed by atoms with Gasteiger partial charge in [0.25, 0.3) is 11.8 Å². The Kier molecular flexibility index (Phi) is 8.44. The van der Waals surface area contributed by atoms with Gasteiger partial charge < -0.3 is 19.7 Å². The lowest BCUT2D eigenvalue weighted by molar-refractivity contribution is -0.153. The number of carbonyl (C=O) groups is 2. The van der Waals surface area contributed by atoms with E-state index in [1.165, 1.54) is 42.5 Å². The smallest absolute Gasteiger partial charge is 0.422 e. The van der Waals surface area contributed by atoms with Gasteiger partial charge in [0.2, 0.25) is 0 Å². The van der Waals surface area contributed by atoms with Crippen molar-refractivity contribution >= 4 is 40.7 Å². The summed E-state index contributed by atoms with van der Waals surface area (Å²) in [5.74, 6) is -2.47. The SMILES string of the molecule is O=C(Nc1ccc(-c2cc(C(=O)N3CCOCC3)ccc2Cl)cc1OCC(F)(F)F)c1c(F)cccc1Cl. The predicted octanol–water partition coefficient (Wildman–Crippen LogP) is 6.47. The van der Waals surface area contributed by atoms with Gasteiger partial charge in [0.1, 0.15) is 11.6 Å². The number of halogens is 6. The van der Waals surface area contributed by atoms with E-state index in [1.807, 2.05) is 0 Å². The van der Waals surface area contributed by atoms with Crippen LogP contribution in [-0.4, -0.2) is 55.8 Å². The Morgan fingerprint density at radius 3 is 2.42 bits per heavy atom. The van der Waals surface area contributed by atoms with E-state index in [9.17, 15) is 27.2 Å². The maximum atomic E-state index is 14.2. The molecule has 200 valence electrons. The molecule has 38 heavy (non-hydrogen) atoms. The first-order chi connectivity index (χ1) is 18.0. The molecular weight excluding hydrogens is 551 g/mol. The van der Waals surface area contributed by atoms with E-state index in [2.05, 4.69) is 5.32 Å². The number of nitrogens with zero attached hydrogens (tertiary/aromatic N) is 1. The van der Waals surface area contributed by atoms with Crippen molar-refractivity contribution in [3.8, 4) is 16.9 Å². The van der Waals surface area contributed by atoms with Crippen LogP contribution < -0.4 is 10.1 Å². The summed E-state index contributed by atoms with van der Waals surface area (Å²) in [7, 11) is 0. The van der Waals surface area contributed by atoms with Crippen molar-refractivity contribution in [3.63, 3.8) is 0 Å². The third kappa shape index (κ3) is 6.56. The molecule has 1 saturated heterocycles. The number of amides is 2. The molecule has 0 saturated carbocycles. The second kappa shape index (κ2) is 11.6. The van der Waals surface area contributed by atoms with E-state index < -0.39 is 30.1 Å². The molecule has 1 aliphatic rings. The average Bonchev–Trinajstić information content (AvgIpc) is 2.88. The van der Waals surface area contributed by atoms with Crippen LogP contribution in [0.3, 0.4) is 0 Å². The monoisotopic (exact) mass is 570 g/mol. The molecule has 2 amide bonds. The van der Waals surface area contributed by atoms with Crippen LogP contribution in [0.15, 0.2) is 54.6 Å². The van der Waals surface area contributed by atoms with Crippen LogP contribution in [0.25, 0.3) is 11.1 Å². The van der Waals surface area contributed by atoms with Crippen LogP contribution >= 0.6 is 23.2 Å². The minimum atomic E-state index is -4.67. The molecule has 0 radical (unpaired) electrons. The Bertz CT molecular complexity index is 1340. The second-order valence-corrected chi connectivity index (χ2v) is 9.08. The molecule has 3 aromatic carbocycles. The Balaban J connectivity index is 1.68. The molecule has 0 spiro atoms. The zero-order valence-corrected chi connectivity index (χ0v) is 21.1. The number of anilines is 1. The topological polar surface area (TPSA) is 67.9 Å². The first-order valence-corrected chi connectivity index (χ1v) is 12.0. The van der Waals surface area contributed by atoms with Gasteiger partial charge in [-0.15, -0.1) is 0 Å². The van der Waals surface area contributed by atoms with Gasteiger partial charge in [-0.05, 0) is 48.0 Å². The molecule has 1 heterocycles. The van der Waals surface area contributed by atoms with Gasteiger partial charge >= 0.3 is 6.18 Å². The molecule has 1 N–H and O–H groups in total. The molecule has 4 rings (SSSR count). The first-order valence-electron chi connectivity index (χ1n) is 11.3. The second-order valence-electron chi connectivity index (χ2n) is 8.26. The number of benzene rings is 3. The maximum Gasteiger partial charge on any atom is 0.422 e. The number of carbonyl (C=O) groups excluding carboxylic acids is 2. The highest BCUT2D eigenvalue weighted by atomic mass is 35.5. The largest absolute Gasteiger partial charge is 0.482 e. The van der Waals surface area contributed by atoms with E-state index in [0.717, 1.165) is 6.07 Å². The summed E-state index contributed by atoms with van der Waals surface area (Å²) in [5.41, 5.74) is 0.385. The fraction of sp³-hybridized carbons (Fsp3) is 0.231. The van der Waals surface area contributed by atoms with Crippen LogP contribution in [0.4, 0.5) is 23.2 Å². The van der Waals surface area contributed by atoms with E-state index in [-0.39, 0.29) is 27.4 Å². The molecule has 3 aromatic rings. The zero-order chi connectivity index (χ0) is 27.4. The molecule has 12 heteroatoms. The summed E-state index contributed by atoms with van der Waals surface area (Å²) in [5, 5.41) is 2.41. The molecule has 0 aromatic heterocycles. The van der Waals surface area contributed by atoms with E-state index in [4.69, 9.17) is 32.7 Å². The summed E-state index contributed by atoms with van der Waals surface area (Å²) >= 11 is 12.3. The van der Waals surface area contributed by atoms with Crippen molar-refractivity contribution in [3.05, 3.63) is 81.6 Å². The fourth-order valence-electron chi connectivity index (χ4n) is 3.80. The summed E-state index contributed by atoms with van der Waals surface area (Å²) < 4.78 is 63.3. The van der Waals surface area contributed by atoms with Gasteiger partial charge in [0.15, 0.2) is 6.61 Å². The van der Waals surface area contributed by atoms with Gasteiger partial charge in [-0.25, -0.2) is 4.39 Å². The summed E-state index contributed by atoms with van der Waals surface area (Å²) in [6.07, 6.45) is -4.67. The van der Waals surface area contributed by atoms with Gasteiger partial charge in [-0.3, -0.25) is 9.59 Å². The number of ether oxygens (including phenoxy) is 2. The summed E-state index contributed by atoms with van der Waals surface area (Å²) in [4.78, 5) is 27.3. The van der Waals surface area contributed by atoms with Gasteiger partial charge in [-0.2, -0.15) is 13.2 Å². The van der Waals surface area contributed by atoms with Crippen molar-refractivity contribution in [2.75, 3.05) is 38.2 Å². The van der Waals surface area contributed by atoms with Gasteiger partial charge in [-0.1, -0.05) is 35.3 Å². The Morgan fingerprint density at radius 1 is 1.00 bits per heavy atom. The van der Waals surface area contributed by atoms with Crippen LogP contribution in [0, 0.1) is 5.82 Å². The molecular formula is C26H20Cl2F4N2O4. The highest BCUT2D eigenvalue weighted by molar-refractivity contribution is 6.34.